The molecule has 1 aromatic carbocycles. The van der Waals surface area contributed by atoms with E-state index in [1.54, 1.807) is 31.2 Å². The minimum absolute atomic E-state index is 0.107. The summed E-state index contributed by atoms with van der Waals surface area (Å²) in [5.74, 6) is -0.697. The lowest BCUT2D eigenvalue weighted by molar-refractivity contribution is -0.142. The molecule has 0 spiro atoms. The highest BCUT2D eigenvalue weighted by atomic mass is 32.2. The van der Waals surface area contributed by atoms with E-state index in [4.69, 9.17) is 0 Å². The molecule has 0 aliphatic carbocycles. The third kappa shape index (κ3) is 4.19. The monoisotopic (exact) mass is 256 g/mol. The van der Waals surface area contributed by atoms with E-state index >= 15 is 0 Å². The zero-order valence-corrected chi connectivity index (χ0v) is 10.8. The molecule has 1 rings (SSSR count). The lowest BCUT2D eigenvalue weighted by Gasteiger charge is -2.04. The van der Waals surface area contributed by atoms with Crippen LogP contribution in [0.15, 0.2) is 29.2 Å². The van der Waals surface area contributed by atoms with E-state index in [-0.39, 0.29) is 23.7 Å². The van der Waals surface area contributed by atoms with Crippen molar-refractivity contribution >= 4 is 15.8 Å². The molecule has 0 atom stereocenters. The second-order valence-corrected chi connectivity index (χ2v) is 5.80. The van der Waals surface area contributed by atoms with Crippen LogP contribution >= 0.6 is 0 Å². The van der Waals surface area contributed by atoms with Gasteiger partial charge in [0.2, 0.25) is 0 Å². The average Bonchev–Trinajstić information content (AvgIpc) is 2.28. The van der Waals surface area contributed by atoms with Crippen molar-refractivity contribution in [2.75, 3.05) is 12.4 Å². The van der Waals surface area contributed by atoms with Crippen molar-refractivity contribution in [1.29, 1.82) is 0 Å². The van der Waals surface area contributed by atoms with Crippen LogP contribution in [0.5, 0.6) is 0 Å². The van der Waals surface area contributed by atoms with Gasteiger partial charge in [-0.15, -0.1) is 0 Å². The summed E-state index contributed by atoms with van der Waals surface area (Å²) < 4.78 is 28.4. The maximum absolute atomic E-state index is 11.8. The van der Waals surface area contributed by atoms with Crippen LogP contribution in [0.4, 0.5) is 0 Å². The van der Waals surface area contributed by atoms with Crippen molar-refractivity contribution in [2.24, 2.45) is 0 Å². The van der Waals surface area contributed by atoms with E-state index in [9.17, 15) is 13.2 Å². The van der Waals surface area contributed by atoms with Gasteiger partial charge in [0.05, 0.1) is 23.7 Å². The lowest BCUT2D eigenvalue weighted by atomic mass is 10.2. The number of hydrogen-bond donors (Lipinski definition) is 0. The summed E-state index contributed by atoms with van der Waals surface area (Å²) >= 11 is 0. The van der Waals surface area contributed by atoms with Crippen LogP contribution in [0.3, 0.4) is 0 Å². The average molecular weight is 256 g/mol. The summed E-state index contributed by atoms with van der Waals surface area (Å²) in [6, 6.07) is 6.57. The van der Waals surface area contributed by atoms with Gasteiger partial charge < -0.3 is 4.74 Å². The number of hydrogen-bond acceptors (Lipinski definition) is 4. The summed E-state index contributed by atoms with van der Waals surface area (Å²) in [5.41, 5.74) is 0.995. The molecule has 0 aromatic heterocycles. The Morgan fingerprint density at radius 3 is 2.35 bits per heavy atom. The fourth-order valence-corrected chi connectivity index (χ4v) is 2.54. The van der Waals surface area contributed by atoms with Crippen molar-refractivity contribution < 1.29 is 17.9 Å². The number of aryl methyl sites for hydroxylation is 1. The molecule has 17 heavy (non-hydrogen) atoms. The number of esters is 1. The van der Waals surface area contributed by atoms with Crippen LogP contribution in [0, 0.1) is 6.92 Å². The molecule has 0 bridgehead atoms. The van der Waals surface area contributed by atoms with Crippen LogP contribution < -0.4 is 0 Å². The van der Waals surface area contributed by atoms with Gasteiger partial charge in [-0.3, -0.25) is 4.79 Å². The predicted molar refractivity (Wildman–Crippen MR) is 64.5 cm³/mol. The van der Waals surface area contributed by atoms with E-state index in [1.807, 2.05) is 6.92 Å². The Morgan fingerprint density at radius 2 is 1.82 bits per heavy atom. The molecule has 1 aromatic rings. The molecule has 0 heterocycles. The van der Waals surface area contributed by atoms with Crippen molar-refractivity contribution in [2.45, 2.75) is 25.2 Å². The number of benzene rings is 1. The van der Waals surface area contributed by atoms with Gasteiger partial charge in [0, 0.05) is 0 Å². The summed E-state index contributed by atoms with van der Waals surface area (Å²) in [7, 11) is -3.39. The maximum Gasteiger partial charge on any atom is 0.306 e. The smallest absolute Gasteiger partial charge is 0.306 e. The first-order chi connectivity index (χ1) is 7.95. The fraction of sp³-hybridized carbons (Fsp3) is 0.417. The summed E-state index contributed by atoms with van der Waals surface area (Å²) in [5, 5.41) is 0. The van der Waals surface area contributed by atoms with E-state index < -0.39 is 15.8 Å². The number of sulfone groups is 1. The maximum atomic E-state index is 11.8. The van der Waals surface area contributed by atoms with Gasteiger partial charge in [0.25, 0.3) is 0 Å². The standard InChI is InChI=1S/C12H16O4S/c1-3-16-12(13)8-9-17(14,15)11-6-4-10(2)5-7-11/h4-7H,3,8-9H2,1-2H3. The Kier molecular flexibility index (Phi) is 4.69. The van der Waals surface area contributed by atoms with Crippen LogP contribution in [0.25, 0.3) is 0 Å². The van der Waals surface area contributed by atoms with Crippen molar-refractivity contribution in [3.63, 3.8) is 0 Å². The first kappa shape index (κ1) is 13.7. The highest BCUT2D eigenvalue weighted by Gasteiger charge is 2.16. The quantitative estimate of drug-likeness (QED) is 0.753. The molecule has 0 saturated heterocycles. The fourth-order valence-electron chi connectivity index (χ4n) is 1.31. The topological polar surface area (TPSA) is 60.4 Å². The normalized spacial score (nSPS) is 11.2. The number of carbonyl (C=O) groups is 1. The third-order valence-corrected chi connectivity index (χ3v) is 3.99. The van der Waals surface area contributed by atoms with E-state index in [0.717, 1.165) is 5.56 Å². The van der Waals surface area contributed by atoms with Gasteiger partial charge in [-0.25, -0.2) is 8.42 Å². The largest absolute Gasteiger partial charge is 0.466 e. The Balaban J connectivity index is 2.69. The predicted octanol–water partition coefficient (Wildman–Crippen LogP) is 1.72. The van der Waals surface area contributed by atoms with Crippen molar-refractivity contribution in [1.82, 2.24) is 0 Å². The third-order valence-electron chi connectivity index (χ3n) is 2.26. The first-order valence-electron chi connectivity index (χ1n) is 5.41. The zero-order chi connectivity index (χ0) is 12.9. The molecule has 4 nitrogen and oxygen atoms in total. The summed E-state index contributed by atoms with van der Waals surface area (Å²) in [6.07, 6.45) is -0.107. The van der Waals surface area contributed by atoms with Crippen LogP contribution in [0.1, 0.15) is 18.9 Å². The Hall–Kier alpha value is -1.36. The molecular weight excluding hydrogens is 240 g/mol. The van der Waals surface area contributed by atoms with Gasteiger partial charge in [-0.2, -0.15) is 0 Å². The highest BCUT2D eigenvalue weighted by molar-refractivity contribution is 7.91. The minimum Gasteiger partial charge on any atom is -0.466 e. The molecule has 94 valence electrons. The Bertz CT molecular complexity index is 474. The minimum atomic E-state index is -3.39. The highest BCUT2D eigenvalue weighted by Crippen LogP contribution is 2.13. The van der Waals surface area contributed by atoms with Gasteiger partial charge in [-0.1, -0.05) is 17.7 Å². The van der Waals surface area contributed by atoms with Gasteiger partial charge in [0.1, 0.15) is 0 Å². The van der Waals surface area contributed by atoms with E-state index in [0.29, 0.717) is 0 Å². The molecule has 0 N–H and O–H groups in total. The van der Waals surface area contributed by atoms with Crippen LogP contribution in [-0.2, 0) is 19.4 Å². The lowest BCUT2D eigenvalue weighted by Crippen LogP contribution is -2.13. The second kappa shape index (κ2) is 5.82. The Labute approximate surface area is 102 Å². The van der Waals surface area contributed by atoms with Crippen molar-refractivity contribution in [3.05, 3.63) is 29.8 Å². The van der Waals surface area contributed by atoms with Gasteiger partial charge >= 0.3 is 5.97 Å². The van der Waals surface area contributed by atoms with E-state index in [1.165, 1.54) is 0 Å². The summed E-state index contributed by atoms with van der Waals surface area (Å²) in [6.45, 7) is 3.84. The Morgan fingerprint density at radius 1 is 1.24 bits per heavy atom. The van der Waals surface area contributed by atoms with Crippen LogP contribution in [0.2, 0.25) is 0 Å². The van der Waals surface area contributed by atoms with Crippen molar-refractivity contribution in [3.8, 4) is 0 Å². The molecular formula is C12H16O4S. The second-order valence-electron chi connectivity index (χ2n) is 3.69. The van der Waals surface area contributed by atoms with Crippen LogP contribution in [-0.4, -0.2) is 26.7 Å². The SMILES string of the molecule is CCOC(=O)CCS(=O)(=O)c1ccc(C)cc1. The molecule has 0 unspecified atom stereocenters. The molecule has 0 radical (unpaired) electrons. The van der Waals surface area contributed by atoms with E-state index in [2.05, 4.69) is 4.74 Å². The molecule has 0 fully saturated rings. The summed E-state index contributed by atoms with van der Waals surface area (Å²) in [4.78, 5) is 11.3. The molecule has 0 aliphatic rings. The van der Waals surface area contributed by atoms with Gasteiger partial charge in [0.15, 0.2) is 9.84 Å². The number of ether oxygens (including phenoxy) is 1. The molecule has 5 heteroatoms. The number of carbonyl (C=O) groups excluding carboxylic acids is 1. The number of rotatable bonds is 5. The molecule has 0 saturated carbocycles. The molecule has 0 amide bonds. The van der Waals surface area contributed by atoms with Gasteiger partial charge in [-0.05, 0) is 26.0 Å². The zero-order valence-electron chi connectivity index (χ0n) is 9.97. The molecule has 0 aliphatic heterocycles. The first-order valence-corrected chi connectivity index (χ1v) is 7.06.